The Morgan fingerprint density at radius 1 is 1.05 bits per heavy atom. The van der Waals surface area contributed by atoms with E-state index in [0.29, 0.717) is 0 Å². The van der Waals surface area contributed by atoms with Gasteiger partial charge in [0.2, 0.25) is 0 Å². The molecule has 4 heteroatoms. The molecule has 0 amide bonds. The molecular weight excluding hydrogens is 264 g/mol. The van der Waals surface area contributed by atoms with Crippen molar-refractivity contribution < 1.29 is 9.47 Å². The number of rotatable bonds is 8. The van der Waals surface area contributed by atoms with Gasteiger partial charge in [0.15, 0.2) is 0 Å². The first-order valence-corrected chi connectivity index (χ1v) is 7.98. The number of benzene rings is 1. The largest absolute Gasteiger partial charge is 0.496 e. The molecule has 0 spiro atoms. The molecule has 0 atom stereocenters. The number of hydrogen-bond donors (Lipinski definition) is 1. The molecule has 4 nitrogen and oxygen atoms in total. The van der Waals surface area contributed by atoms with Gasteiger partial charge in [-0.2, -0.15) is 0 Å². The summed E-state index contributed by atoms with van der Waals surface area (Å²) in [7, 11) is 3.41. The molecular formula is C17H28N2O2. The standard InChI is InChI=1S/C17H28N2O2/c1-20-16-8-6-9-17(21-2)15(16)14-18-10-7-13-19-11-4-3-5-12-19/h6,8-9,18H,3-5,7,10-14H2,1-2H3. The summed E-state index contributed by atoms with van der Waals surface area (Å²) in [5.41, 5.74) is 1.10. The average Bonchev–Trinajstić information content (AvgIpc) is 2.55. The molecule has 0 unspecified atom stereocenters. The van der Waals surface area contributed by atoms with Crippen LogP contribution in [0.2, 0.25) is 0 Å². The molecule has 0 saturated carbocycles. The normalized spacial score (nSPS) is 15.9. The van der Waals surface area contributed by atoms with E-state index in [0.717, 1.165) is 30.2 Å². The van der Waals surface area contributed by atoms with Crippen molar-refractivity contribution in [1.29, 1.82) is 0 Å². The smallest absolute Gasteiger partial charge is 0.127 e. The Morgan fingerprint density at radius 2 is 1.71 bits per heavy atom. The third-order valence-corrected chi connectivity index (χ3v) is 4.11. The van der Waals surface area contributed by atoms with Crippen LogP contribution in [0.1, 0.15) is 31.2 Å². The van der Waals surface area contributed by atoms with E-state index in [1.54, 1.807) is 14.2 Å². The SMILES string of the molecule is COc1cccc(OC)c1CNCCCN1CCCCC1. The van der Waals surface area contributed by atoms with Gasteiger partial charge in [-0.05, 0) is 57.6 Å². The van der Waals surface area contributed by atoms with Crippen molar-refractivity contribution in [2.75, 3.05) is 40.4 Å². The summed E-state index contributed by atoms with van der Waals surface area (Å²) in [6.45, 7) is 5.57. The van der Waals surface area contributed by atoms with Crippen molar-refractivity contribution in [1.82, 2.24) is 10.2 Å². The van der Waals surface area contributed by atoms with Gasteiger partial charge in [-0.3, -0.25) is 0 Å². The minimum atomic E-state index is 0.785. The number of piperidine rings is 1. The van der Waals surface area contributed by atoms with Crippen LogP contribution in [0.3, 0.4) is 0 Å². The van der Waals surface area contributed by atoms with Crippen LogP contribution in [0.4, 0.5) is 0 Å². The zero-order chi connectivity index (χ0) is 14.9. The Balaban J connectivity index is 1.72. The third kappa shape index (κ3) is 4.90. The van der Waals surface area contributed by atoms with Crippen LogP contribution in [-0.2, 0) is 6.54 Å². The van der Waals surface area contributed by atoms with Gasteiger partial charge < -0.3 is 19.7 Å². The number of nitrogens with zero attached hydrogens (tertiary/aromatic N) is 1. The van der Waals surface area contributed by atoms with Crippen molar-refractivity contribution >= 4 is 0 Å². The average molecular weight is 292 g/mol. The van der Waals surface area contributed by atoms with Gasteiger partial charge >= 0.3 is 0 Å². The fourth-order valence-electron chi connectivity index (χ4n) is 2.93. The molecule has 1 fully saturated rings. The molecule has 0 bridgehead atoms. The Bertz CT molecular complexity index is 395. The molecule has 1 N–H and O–H groups in total. The van der Waals surface area contributed by atoms with Gasteiger partial charge in [0.1, 0.15) is 11.5 Å². The molecule has 21 heavy (non-hydrogen) atoms. The van der Waals surface area contributed by atoms with Gasteiger partial charge in [-0.1, -0.05) is 12.5 Å². The summed E-state index contributed by atoms with van der Waals surface area (Å²) in [5, 5.41) is 3.50. The second-order valence-corrected chi connectivity index (χ2v) is 5.57. The lowest BCUT2D eigenvalue weighted by atomic mass is 10.1. The molecule has 1 aliphatic heterocycles. The second-order valence-electron chi connectivity index (χ2n) is 5.57. The lowest BCUT2D eigenvalue weighted by Gasteiger charge is -2.26. The number of methoxy groups -OCH3 is 2. The van der Waals surface area contributed by atoms with Crippen molar-refractivity contribution in [3.63, 3.8) is 0 Å². The highest BCUT2D eigenvalue weighted by molar-refractivity contribution is 5.44. The van der Waals surface area contributed by atoms with Gasteiger partial charge in [0.25, 0.3) is 0 Å². The summed E-state index contributed by atoms with van der Waals surface area (Å²) in [6.07, 6.45) is 5.33. The first kappa shape index (κ1) is 16.1. The molecule has 0 aromatic heterocycles. The highest BCUT2D eigenvalue weighted by Crippen LogP contribution is 2.27. The van der Waals surface area contributed by atoms with Crippen LogP contribution in [0.5, 0.6) is 11.5 Å². The van der Waals surface area contributed by atoms with Crippen LogP contribution >= 0.6 is 0 Å². The minimum Gasteiger partial charge on any atom is -0.496 e. The number of hydrogen-bond acceptors (Lipinski definition) is 4. The van der Waals surface area contributed by atoms with Gasteiger partial charge in [-0.25, -0.2) is 0 Å². The van der Waals surface area contributed by atoms with E-state index >= 15 is 0 Å². The van der Waals surface area contributed by atoms with Crippen LogP contribution in [0, 0.1) is 0 Å². The zero-order valence-corrected chi connectivity index (χ0v) is 13.4. The Kier molecular flexibility index (Phi) is 6.83. The Hall–Kier alpha value is -1.26. The van der Waals surface area contributed by atoms with Crippen molar-refractivity contribution in [3.8, 4) is 11.5 Å². The minimum absolute atomic E-state index is 0.785. The topological polar surface area (TPSA) is 33.7 Å². The maximum Gasteiger partial charge on any atom is 0.127 e. The summed E-state index contributed by atoms with van der Waals surface area (Å²) < 4.78 is 10.8. The number of likely N-dealkylation sites (tertiary alicyclic amines) is 1. The zero-order valence-electron chi connectivity index (χ0n) is 13.4. The number of ether oxygens (including phenoxy) is 2. The van der Waals surface area contributed by atoms with E-state index in [2.05, 4.69) is 10.2 Å². The summed E-state index contributed by atoms with van der Waals surface area (Å²) >= 11 is 0. The summed E-state index contributed by atoms with van der Waals surface area (Å²) in [6, 6.07) is 5.91. The first-order valence-electron chi connectivity index (χ1n) is 7.98. The van der Waals surface area contributed by atoms with Crippen LogP contribution in [-0.4, -0.2) is 45.3 Å². The molecule has 1 heterocycles. The van der Waals surface area contributed by atoms with E-state index in [4.69, 9.17) is 9.47 Å². The van der Waals surface area contributed by atoms with Crippen molar-refractivity contribution in [2.45, 2.75) is 32.2 Å². The maximum atomic E-state index is 5.41. The first-order chi connectivity index (χ1) is 10.3. The summed E-state index contributed by atoms with van der Waals surface area (Å²) in [4.78, 5) is 2.58. The van der Waals surface area contributed by atoms with Crippen molar-refractivity contribution in [2.24, 2.45) is 0 Å². The molecule has 118 valence electrons. The van der Waals surface area contributed by atoms with E-state index in [-0.39, 0.29) is 0 Å². The summed E-state index contributed by atoms with van der Waals surface area (Å²) in [5.74, 6) is 1.77. The Labute approximate surface area is 128 Å². The highest BCUT2D eigenvalue weighted by Gasteiger charge is 2.10. The highest BCUT2D eigenvalue weighted by atomic mass is 16.5. The van der Waals surface area contributed by atoms with E-state index in [1.165, 1.54) is 45.3 Å². The predicted molar refractivity (Wildman–Crippen MR) is 86.2 cm³/mol. The lowest BCUT2D eigenvalue weighted by molar-refractivity contribution is 0.225. The predicted octanol–water partition coefficient (Wildman–Crippen LogP) is 2.67. The molecule has 2 rings (SSSR count). The van der Waals surface area contributed by atoms with Crippen LogP contribution < -0.4 is 14.8 Å². The van der Waals surface area contributed by atoms with Crippen molar-refractivity contribution in [3.05, 3.63) is 23.8 Å². The quantitative estimate of drug-likeness (QED) is 0.747. The van der Waals surface area contributed by atoms with E-state index < -0.39 is 0 Å². The van der Waals surface area contributed by atoms with E-state index in [9.17, 15) is 0 Å². The third-order valence-electron chi connectivity index (χ3n) is 4.11. The second kappa shape index (κ2) is 8.90. The monoisotopic (exact) mass is 292 g/mol. The van der Waals surface area contributed by atoms with E-state index in [1.807, 2.05) is 18.2 Å². The van der Waals surface area contributed by atoms with Crippen LogP contribution in [0.15, 0.2) is 18.2 Å². The molecule has 1 aromatic carbocycles. The van der Waals surface area contributed by atoms with Gasteiger partial charge in [0.05, 0.1) is 14.2 Å². The molecule has 0 aliphatic carbocycles. The van der Waals surface area contributed by atoms with Gasteiger partial charge in [-0.15, -0.1) is 0 Å². The molecule has 1 aromatic rings. The lowest BCUT2D eigenvalue weighted by Crippen LogP contribution is -2.32. The maximum absolute atomic E-state index is 5.41. The Morgan fingerprint density at radius 3 is 2.33 bits per heavy atom. The fourth-order valence-corrected chi connectivity index (χ4v) is 2.93. The van der Waals surface area contributed by atoms with Gasteiger partial charge in [0, 0.05) is 12.1 Å². The molecule has 1 saturated heterocycles. The number of nitrogens with one attached hydrogen (secondary N) is 1. The van der Waals surface area contributed by atoms with Crippen LogP contribution in [0.25, 0.3) is 0 Å². The fraction of sp³-hybridized carbons (Fsp3) is 0.647. The molecule has 0 radical (unpaired) electrons. The molecule has 1 aliphatic rings.